The number of hydrogen-bond donors (Lipinski definition) is 0. The Morgan fingerprint density at radius 1 is 0.786 bits per heavy atom. The molecule has 3 aromatic carbocycles. The van der Waals surface area contributed by atoms with Crippen LogP contribution in [-0.4, -0.2) is 18.4 Å². The molecule has 0 radical (unpaired) electrons. The van der Waals surface area contributed by atoms with Crippen molar-refractivity contribution < 1.29 is 4.70 Å². The number of benzene rings is 3. The van der Waals surface area contributed by atoms with Crippen molar-refractivity contribution in [2.45, 2.75) is 34.6 Å². The van der Waals surface area contributed by atoms with Gasteiger partial charge >= 0.3 is 6.67 Å². The zero-order chi connectivity index (χ0) is 20.1. The van der Waals surface area contributed by atoms with Crippen LogP contribution in [0.15, 0.2) is 59.7 Å². The standard InChI is InChI=1S/C25H29N3/c1-17-13-14-23-22(15-17)26-27(24-18(2)9-7-10-19(24)3)16-28(23,6)25-20(4)11-8-12-21(25)5/h7-15H,16H2,1-6H3/q+2. The number of fused-ring (bicyclic) bond motifs is 1. The first-order valence-electron chi connectivity index (χ1n) is 9.90. The van der Waals surface area contributed by atoms with Crippen LogP contribution in [0.4, 0.5) is 22.7 Å². The van der Waals surface area contributed by atoms with Crippen LogP contribution < -0.4 is 4.48 Å². The first-order chi connectivity index (χ1) is 13.3. The van der Waals surface area contributed by atoms with Crippen LogP contribution in [0.2, 0.25) is 0 Å². The third-order valence-corrected chi connectivity index (χ3v) is 5.94. The molecule has 3 nitrogen and oxygen atoms in total. The van der Waals surface area contributed by atoms with E-state index >= 15 is 0 Å². The first kappa shape index (κ1) is 18.6. The van der Waals surface area contributed by atoms with Crippen molar-refractivity contribution in [3.63, 3.8) is 0 Å². The van der Waals surface area contributed by atoms with Gasteiger partial charge in [0.2, 0.25) is 5.69 Å². The highest BCUT2D eigenvalue weighted by Crippen LogP contribution is 2.46. The minimum atomic E-state index is 0.714. The minimum Gasteiger partial charge on any atom is -0.202 e. The first-order valence-corrected chi connectivity index (χ1v) is 9.90. The maximum absolute atomic E-state index is 5.10. The summed E-state index contributed by atoms with van der Waals surface area (Å²) in [6.07, 6.45) is 0. The minimum absolute atomic E-state index is 0.714. The van der Waals surface area contributed by atoms with Gasteiger partial charge in [0.15, 0.2) is 11.4 Å². The molecule has 0 aliphatic carbocycles. The highest BCUT2D eigenvalue weighted by Gasteiger charge is 2.43. The lowest BCUT2D eigenvalue weighted by atomic mass is 10.0. The van der Waals surface area contributed by atoms with E-state index in [1.807, 2.05) is 0 Å². The predicted molar refractivity (Wildman–Crippen MR) is 117 cm³/mol. The van der Waals surface area contributed by atoms with Crippen molar-refractivity contribution >= 4 is 22.7 Å². The van der Waals surface area contributed by atoms with E-state index in [0.29, 0.717) is 4.48 Å². The van der Waals surface area contributed by atoms with Gasteiger partial charge < -0.3 is 0 Å². The molecule has 0 aromatic heterocycles. The zero-order valence-electron chi connectivity index (χ0n) is 17.7. The van der Waals surface area contributed by atoms with E-state index in [4.69, 9.17) is 5.11 Å². The second-order valence-corrected chi connectivity index (χ2v) is 8.31. The molecule has 1 atom stereocenters. The van der Waals surface area contributed by atoms with Crippen LogP contribution in [0, 0.1) is 34.6 Å². The third kappa shape index (κ3) is 2.87. The molecular weight excluding hydrogens is 342 g/mol. The quantitative estimate of drug-likeness (QED) is 0.344. The van der Waals surface area contributed by atoms with Crippen LogP contribution in [-0.2, 0) is 0 Å². The Bertz CT molecular complexity index is 1070. The number of para-hydroxylation sites is 2. The summed E-state index contributed by atoms with van der Waals surface area (Å²) in [6, 6.07) is 19.7. The largest absolute Gasteiger partial charge is 0.311 e. The van der Waals surface area contributed by atoms with Gasteiger partial charge in [-0.15, -0.1) is 0 Å². The molecular formula is C25H29N3+2. The van der Waals surface area contributed by atoms with E-state index in [2.05, 4.69) is 101 Å². The van der Waals surface area contributed by atoms with Crippen LogP contribution >= 0.6 is 0 Å². The van der Waals surface area contributed by atoms with Crippen molar-refractivity contribution in [2.75, 3.05) is 13.7 Å². The molecule has 0 bridgehead atoms. The second-order valence-electron chi connectivity index (χ2n) is 8.31. The molecule has 0 amide bonds. The predicted octanol–water partition coefficient (Wildman–Crippen LogP) is 6.90. The molecule has 3 heteroatoms. The number of aryl methyl sites for hydroxylation is 5. The SMILES string of the molecule is Cc1ccc2c(c1)N=[N+](c1c(C)cccc1C)C[N+]2(C)c1c(C)cccc1C. The molecule has 1 heterocycles. The van der Waals surface area contributed by atoms with Gasteiger partial charge in [-0.1, -0.05) is 42.5 Å². The molecule has 1 aliphatic heterocycles. The van der Waals surface area contributed by atoms with Crippen LogP contribution in [0.1, 0.15) is 27.8 Å². The molecule has 0 N–H and O–H groups in total. The molecule has 0 saturated heterocycles. The van der Waals surface area contributed by atoms with E-state index in [-0.39, 0.29) is 0 Å². The number of hydrogen-bond acceptors (Lipinski definition) is 1. The molecule has 0 fully saturated rings. The van der Waals surface area contributed by atoms with E-state index in [1.165, 1.54) is 44.9 Å². The molecule has 142 valence electrons. The highest BCUT2D eigenvalue weighted by atomic mass is 15.5. The Balaban J connectivity index is 2.02. The van der Waals surface area contributed by atoms with Gasteiger partial charge in [-0.05, 0) is 50.9 Å². The number of quaternary nitrogens is 1. The van der Waals surface area contributed by atoms with Crippen LogP contribution in [0.3, 0.4) is 0 Å². The van der Waals surface area contributed by atoms with E-state index in [1.54, 1.807) is 0 Å². The summed E-state index contributed by atoms with van der Waals surface area (Å²) in [5.74, 6) is 0. The number of rotatable bonds is 2. The van der Waals surface area contributed by atoms with Gasteiger partial charge in [0.05, 0.1) is 7.05 Å². The summed E-state index contributed by atoms with van der Waals surface area (Å²) in [6.45, 7) is 11.7. The Kier molecular flexibility index (Phi) is 4.43. The maximum Gasteiger partial charge on any atom is 0.311 e. The smallest absolute Gasteiger partial charge is 0.202 e. The summed E-state index contributed by atoms with van der Waals surface area (Å²) >= 11 is 0. The van der Waals surface area contributed by atoms with Crippen molar-refractivity contribution in [2.24, 2.45) is 5.11 Å². The van der Waals surface area contributed by atoms with Gasteiger partial charge in [-0.2, -0.15) is 0 Å². The van der Waals surface area contributed by atoms with E-state index < -0.39 is 0 Å². The molecule has 0 spiro atoms. The van der Waals surface area contributed by atoms with Crippen molar-refractivity contribution in [1.82, 2.24) is 4.48 Å². The summed E-state index contributed by atoms with van der Waals surface area (Å²) in [7, 11) is 2.32. The Labute approximate surface area is 168 Å². The Hall–Kier alpha value is -2.78. The van der Waals surface area contributed by atoms with Crippen LogP contribution in [0.5, 0.6) is 0 Å². The molecule has 1 aliphatic rings. The van der Waals surface area contributed by atoms with Crippen LogP contribution in [0.25, 0.3) is 0 Å². The molecule has 0 saturated carbocycles. The van der Waals surface area contributed by atoms with Crippen molar-refractivity contribution in [3.05, 3.63) is 82.4 Å². The van der Waals surface area contributed by atoms with Gasteiger partial charge in [0.25, 0.3) is 0 Å². The topological polar surface area (TPSA) is 15.4 Å². The van der Waals surface area contributed by atoms with Gasteiger partial charge in [-0.25, -0.2) is 4.48 Å². The molecule has 28 heavy (non-hydrogen) atoms. The molecule has 1 unspecified atom stereocenters. The average Bonchev–Trinajstić information content (AvgIpc) is 2.61. The highest BCUT2D eigenvalue weighted by molar-refractivity contribution is 5.74. The molecule has 3 aromatic rings. The second kappa shape index (κ2) is 6.68. The Morgan fingerprint density at radius 2 is 1.36 bits per heavy atom. The summed E-state index contributed by atoms with van der Waals surface area (Å²) in [5, 5.41) is 5.10. The van der Waals surface area contributed by atoms with Gasteiger partial charge in [-0.3, -0.25) is 0 Å². The third-order valence-electron chi connectivity index (χ3n) is 5.94. The normalized spacial score (nSPS) is 18.6. The lowest BCUT2D eigenvalue weighted by Gasteiger charge is -2.35. The fraction of sp³-hybridized carbons (Fsp3) is 0.280. The lowest BCUT2D eigenvalue weighted by Crippen LogP contribution is -2.47. The molecule has 4 rings (SSSR count). The Morgan fingerprint density at radius 3 is 1.96 bits per heavy atom. The lowest BCUT2D eigenvalue weighted by molar-refractivity contribution is -0.528. The summed E-state index contributed by atoms with van der Waals surface area (Å²) in [5.41, 5.74) is 11.3. The van der Waals surface area contributed by atoms with Crippen molar-refractivity contribution in [3.8, 4) is 0 Å². The van der Waals surface area contributed by atoms with Crippen molar-refractivity contribution in [1.29, 1.82) is 0 Å². The van der Waals surface area contributed by atoms with E-state index in [9.17, 15) is 0 Å². The zero-order valence-corrected chi connectivity index (χ0v) is 17.7. The monoisotopic (exact) mass is 371 g/mol. The summed E-state index contributed by atoms with van der Waals surface area (Å²) < 4.78 is 2.92. The average molecular weight is 372 g/mol. The van der Waals surface area contributed by atoms with Gasteiger partial charge in [0.1, 0.15) is 5.69 Å². The maximum atomic E-state index is 5.10. The van der Waals surface area contributed by atoms with E-state index in [0.717, 1.165) is 12.4 Å². The number of nitrogens with zero attached hydrogens (tertiary/aromatic N) is 3. The fourth-order valence-corrected chi connectivity index (χ4v) is 4.75. The summed E-state index contributed by atoms with van der Waals surface area (Å²) in [4.78, 5) is 0. The fourth-order valence-electron chi connectivity index (χ4n) is 4.75. The number of azo groups is 2. The van der Waals surface area contributed by atoms with Gasteiger partial charge in [0, 0.05) is 33.4 Å².